The molecule has 150 valence electrons. The van der Waals surface area contributed by atoms with Crippen molar-refractivity contribution in [3.8, 4) is 0 Å². The third-order valence-corrected chi connectivity index (χ3v) is 2.01. The Morgan fingerprint density at radius 2 is 0.840 bits per heavy atom. The fraction of sp³-hybridized carbons (Fsp3) is 0.652. The van der Waals surface area contributed by atoms with Gasteiger partial charge in [0.05, 0.1) is 0 Å². The van der Waals surface area contributed by atoms with Crippen molar-refractivity contribution in [1.82, 2.24) is 0 Å². The SMILES string of the molecule is CC.CC.CC(C)=O.CCC.CCC(=O)CC.Cc1ccc(C)cc1. The van der Waals surface area contributed by atoms with E-state index in [2.05, 4.69) is 52.0 Å². The van der Waals surface area contributed by atoms with Gasteiger partial charge in [0.2, 0.25) is 0 Å². The Hall–Kier alpha value is -1.44. The van der Waals surface area contributed by atoms with Crippen molar-refractivity contribution in [2.75, 3.05) is 0 Å². The fourth-order valence-corrected chi connectivity index (χ4v) is 0.887. The molecule has 1 rings (SSSR count). The molecule has 25 heavy (non-hydrogen) atoms. The monoisotopic (exact) mass is 354 g/mol. The average Bonchev–Trinajstić information content (AvgIpc) is 2.61. The minimum atomic E-state index is 0.167. The maximum Gasteiger partial charge on any atom is 0.132 e. The fourth-order valence-electron chi connectivity index (χ4n) is 0.887. The highest BCUT2D eigenvalue weighted by Gasteiger charge is 1.86. The normalized spacial score (nSPS) is 7.20. The Kier molecular flexibility index (Phi) is 47.4. The van der Waals surface area contributed by atoms with E-state index in [1.165, 1.54) is 31.4 Å². The van der Waals surface area contributed by atoms with Gasteiger partial charge in [-0.3, -0.25) is 4.79 Å². The first kappa shape index (κ1) is 34.8. The highest BCUT2D eigenvalue weighted by Crippen LogP contribution is 1.99. The van der Waals surface area contributed by atoms with Crippen molar-refractivity contribution in [1.29, 1.82) is 0 Å². The summed E-state index contributed by atoms with van der Waals surface area (Å²) in [5, 5.41) is 0. The van der Waals surface area contributed by atoms with Gasteiger partial charge in [-0.1, -0.05) is 97.2 Å². The zero-order valence-corrected chi connectivity index (χ0v) is 19.2. The third-order valence-electron chi connectivity index (χ3n) is 2.01. The molecule has 0 atom stereocenters. The van der Waals surface area contributed by atoms with Gasteiger partial charge in [-0.05, 0) is 27.7 Å². The molecule has 0 N–H and O–H groups in total. The number of carbonyl (C=O) groups excluding carboxylic acids is 2. The van der Waals surface area contributed by atoms with Gasteiger partial charge in [-0.25, -0.2) is 0 Å². The first-order valence-corrected chi connectivity index (χ1v) is 9.77. The Labute approximate surface area is 159 Å². The smallest absolute Gasteiger partial charge is 0.132 e. The van der Waals surface area contributed by atoms with E-state index in [0.717, 1.165) is 0 Å². The molecular formula is C23H46O2. The number of carbonyl (C=O) groups is 2. The molecule has 2 heteroatoms. The van der Waals surface area contributed by atoms with Gasteiger partial charge in [0, 0.05) is 12.8 Å². The van der Waals surface area contributed by atoms with Gasteiger partial charge in [-0.15, -0.1) is 0 Å². The van der Waals surface area contributed by atoms with Gasteiger partial charge in [-0.2, -0.15) is 0 Å². The molecule has 0 radical (unpaired) electrons. The summed E-state index contributed by atoms with van der Waals surface area (Å²) in [6.07, 6.45) is 2.63. The zero-order chi connectivity index (χ0) is 21.3. The Balaban J connectivity index is -0.0000000703. The van der Waals surface area contributed by atoms with E-state index < -0.39 is 0 Å². The van der Waals surface area contributed by atoms with E-state index >= 15 is 0 Å². The van der Waals surface area contributed by atoms with E-state index in [9.17, 15) is 9.59 Å². The maximum absolute atomic E-state index is 10.2. The largest absolute Gasteiger partial charge is 0.300 e. The van der Waals surface area contributed by atoms with Crippen LogP contribution in [0.4, 0.5) is 0 Å². The Morgan fingerprint density at radius 1 is 0.680 bits per heavy atom. The van der Waals surface area contributed by atoms with Crippen molar-refractivity contribution in [3.05, 3.63) is 35.4 Å². The molecule has 0 saturated carbocycles. The molecule has 0 aliphatic rings. The maximum atomic E-state index is 10.2. The van der Waals surface area contributed by atoms with Gasteiger partial charge in [0.15, 0.2) is 0 Å². The molecule has 1 aromatic rings. The lowest BCUT2D eigenvalue weighted by atomic mass is 10.2. The van der Waals surface area contributed by atoms with Gasteiger partial charge in [0.25, 0.3) is 0 Å². The second-order valence-corrected chi connectivity index (χ2v) is 5.02. The predicted molar refractivity (Wildman–Crippen MR) is 117 cm³/mol. The molecule has 0 heterocycles. The molecule has 0 aliphatic heterocycles. The Bertz CT molecular complexity index is 320. The predicted octanol–water partition coefficient (Wildman–Crippen LogP) is 7.74. The summed E-state index contributed by atoms with van der Waals surface area (Å²) in [6, 6.07) is 8.48. The minimum Gasteiger partial charge on any atom is -0.300 e. The van der Waals surface area contributed by atoms with Crippen molar-refractivity contribution >= 4 is 11.6 Å². The molecule has 0 spiro atoms. The molecule has 0 unspecified atom stereocenters. The molecular weight excluding hydrogens is 308 g/mol. The van der Waals surface area contributed by atoms with Gasteiger partial charge in [0.1, 0.15) is 11.6 Å². The van der Waals surface area contributed by atoms with Crippen molar-refractivity contribution in [2.24, 2.45) is 0 Å². The summed E-state index contributed by atoms with van der Waals surface area (Å²) < 4.78 is 0. The number of Topliss-reactive ketones (excluding diaryl/α,β-unsaturated/α-hetero) is 2. The van der Waals surface area contributed by atoms with E-state index in [1.54, 1.807) is 0 Å². The standard InChI is InChI=1S/C8H10.C5H10O.C3H6O.C3H8.2C2H6/c1-7-3-5-8(2)6-4-7;1-3-5(6)4-2;1-3(2)4;1-3-2;2*1-2/h3-6H,1-2H3;3-4H2,1-2H3;1-2H3;3H2,1-2H3;2*1-2H3. The lowest BCUT2D eigenvalue weighted by Gasteiger charge is -1.90. The summed E-state index contributed by atoms with van der Waals surface area (Å²) in [5.74, 6) is 0.509. The molecule has 0 aromatic heterocycles. The zero-order valence-electron chi connectivity index (χ0n) is 19.2. The first-order chi connectivity index (χ1) is 11.7. The summed E-state index contributed by atoms with van der Waals surface area (Å²) in [4.78, 5) is 19.6. The summed E-state index contributed by atoms with van der Waals surface area (Å²) >= 11 is 0. The first-order valence-electron chi connectivity index (χ1n) is 9.77. The molecule has 0 saturated heterocycles. The van der Waals surface area contributed by atoms with Crippen LogP contribution in [-0.4, -0.2) is 11.6 Å². The topological polar surface area (TPSA) is 34.1 Å². The number of hydrogen-bond acceptors (Lipinski definition) is 2. The van der Waals surface area contributed by atoms with E-state index in [-0.39, 0.29) is 5.78 Å². The van der Waals surface area contributed by atoms with Crippen molar-refractivity contribution in [2.45, 2.75) is 102 Å². The van der Waals surface area contributed by atoms with Crippen LogP contribution in [0.25, 0.3) is 0 Å². The lowest BCUT2D eigenvalue weighted by Crippen LogP contribution is -1.88. The molecule has 0 fully saturated rings. The lowest BCUT2D eigenvalue weighted by molar-refractivity contribution is -0.118. The van der Waals surface area contributed by atoms with Crippen LogP contribution in [0.1, 0.15) is 99.6 Å². The number of benzene rings is 1. The van der Waals surface area contributed by atoms with Crippen LogP contribution in [0.2, 0.25) is 0 Å². The molecule has 1 aromatic carbocycles. The molecule has 0 aliphatic carbocycles. The van der Waals surface area contributed by atoms with Crippen LogP contribution in [-0.2, 0) is 9.59 Å². The van der Waals surface area contributed by atoms with E-state index in [0.29, 0.717) is 18.6 Å². The van der Waals surface area contributed by atoms with Crippen LogP contribution >= 0.6 is 0 Å². The third kappa shape index (κ3) is 60.5. The van der Waals surface area contributed by atoms with Crippen molar-refractivity contribution < 1.29 is 9.59 Å². The number of rotatable bonds is 2. The molecule has 2 nitrogen and oxygen atoms in total. The van der Waals surface area contributed by atoms with Crippen LogP contribution in [0.15, 0.2) is 24.3 Å². The number of ketones is 2. The van der Waals surface area contributed by atoms with Crippen molar-refractivity contribution in [3.63, 3.8) is 0 Å². The van der Waals surface area contributed by atoms with Crippen LogP contribution < -0.4 is 0 Å². The second-order valence-electron chi connectivity index (χ2n) is 5.02. The minimum absolute atomic E-state index is 0.167. The average molecular weight is 355 g/mol. The quantitative estimate of drug-likeness (QED) is 0.544. The number of hydrogen-bond donors (Lipinski definition) is 0. The Morgan fingerprint density at radius 3 is 0.920 bits per heavy atom. The summed E-state index contributed by atoms with van der Waals surface area (Å²) in [6.45, 7) is 23.3. The van der Waals surface area contributed by atoms with Crippen LogP contribution in [0.5, 0.6) is 0 Å². The summed E-state index contributed by atoms with van der Waals surface area (Å²) in [5.41, 5.74) is 2.66. The van der Waals surface area contributed by atoms with E-state index in [1.807, 2.05) is 41.5 Å². The molecule has 0 amide bonds. The highest BCUT2D eigenvalue weighted by atomic mass is 16.1. The highest BCUT2D eigenvalue weighted by molar-refractivity contribution is 5.77. The number of aryl methyl sites for hydroxylation is 2. The van der Waals surface area contributed by atoms with E-state index in [4.69, 9.17) is 0 Å². The summed E-state index contributed by atoms with van der Waals surface area (Å²) in [7, 11) is 0. The van der Waals surface area contributed by atoms with Gasteiger partial charge < -0.3 is 4.79 Å². The van der Waals surface area contributed by atoms with Crippen LogP contribution in [0.3, 0.4) is 0 Å². The second kappa shape index (κ2) is 34.0. The van der Waals surface area contributed by atoms with Gasteiger partial charge >= 0.3 is 0 Å². The molecule has 0 bridgehead atoms. The van der Waals surface area contributed by atoms with Crippen LogP contribution in [0, 0.1) is 13.8 Å².